The Balaban J connectivity index is 1.43. The summed E-state index contributed by atoms with van der Waals surface area (Å²) in [5.74, 6) is 1.06. The second-order valence-electron chi connectivity index (χ2n) is 5.98. The number of carbonyl (C=O) groups excluding carboxylic acids is 2. The molecule has 0 N–H and O–H groups in total. The van der Waals surface area contributed by atoms with Crippen molar-refractivity contribution in [1.29, 1.82) is 0 Å². The second-order valence-corrected chi connectivity index (χ2v) is 5.98. The zero-order valence-corrected chi connectivity index (χ0v) is 14.8. The average Bonchev–Trinajstić information content (AvgIpc) is 3.21. The third kappa shape index (κ3) is 3.81. The maximum absolute atomic E-state index is 12.5. The van der Waals surface area contributed by atoms with E-state index < -0.39 is 12.6 Å². The molecule has 0 saturated carbocycles. The third-order valence-electron chi connectivity index (χ3n) is 4.11. The Labute approximate surface area is 161 Å². The van der Waals surface area contributed by atoms with Gasteiger partial charge in [-0.15, -0.1) is 0 Å². The first-order chi connectivity index (χ1) is 13.7. The molecule has 6 nitrogen and oxygen atoms in total. The predicted molar refractivity (Wildman–Crippen MR) is 100 cm³/mol. The molecule has 3 aromatic rings. The van der Waals surface area contributed by atoms with E-state index >= 15 is 0 Å². The van der Waals surface area contributed by atoms with E-state index in [1.165, 1.54) is 0 Å². The molecule has 0 aliphatic carbocycles. The van der Waals surface area contributed by atoms with E-state index in [1.807, 2.05) is 18.2 Å². The second kappa shape index (κ2) is 7.84. The highest BCUT2D eigenvalue weighted by atomic mass is 16.7. The minimum absolute atomic E-state index is 0.125. The van der Waals surface area contributed by atoms with Gasteiger partial charge >= 0.3 is 5.97 Å². The van der Waals surface area contributed by atoms with Gasteiger partial charge in [0.1, 0.15) is 17.1 Å². The van der Waals surface area contributed by atoms with Crippen LogP contribution in [0.3, 0.4) is 0 Å². The fourth-order valence-corrected chi connectivity index (χ4v) is 2.70. The van der Waals surface area contributed by atoms with E-state index in [9.17, 15) is 9.59 Å². The summed E-state index contributed by atoms with van der Waals surface area (Å²) in [4.78, 5) is 24.8. The van der Waals surface area contributed by atoms with Gasteiger partial charge in [0, 0.05) is 5.56 Å². The number of esters is 1. The van der Waals surface area contributed by atoms with Crippen molar-refractivity contribution >= 4 is 11.8 Å². The summed E-state index contributed by atoms with van der Waals surface area (Å²) < 4.78 is 21.4. The van der Waals surface area contributed by atoms with E-state index in [2.05, 4.69) is 0 Å². The van der Waals surface area contributed by atoms with E-state index in [1.54, 1.807) is 54.6 Å². The van der Waals surface area contributed by atoms with E-state index in [4.69, 9.17) is 18.9 Å². The first-order valence-electron chi connectivity index (χ1n) is 8.62. The lowest BCUT2D eigenvalue weighted by molar-refractivity contribution is 0.0472. The van der Waals surface area contributed by atoms with Gasteiger partial charge in [-0.25, -0.2) is 4.79 Å². The summed E-state index contributed by atoms with van der Waals surface area (Å²) in [6.45, 7) is -0.266. The average molecular weight is 376 g/mol. The van der Waals surface area contributed by atoms with Crippen molar-refractivity contribution in [2.75, 3.05) is 13.4 Å². The number of ketones is 1. The molecule has 1 aliphatic heterocycles. The van der Waals surface area contributed by atoms with Crippen LogP contribution in [0, 0.1) is 0 Å². The lowest BCUT2D eigenvalue weighted by Crippen LogP contribution is -2.14. The highest BCUT2D eigenvalue weighted by Gasteiger charge is 2.19. The molecule has 28 heavy (non-hydrogen) atoms. The number of ether oxygens (including phenoxy) is 4. The summed E-state index contributed by atoms with van der Waals surface area (Å²) in [7, 11) is 0. The molecule has 4 rings (SSSR count). The molecule has 1 heterocycles. The number of hydrogen-bond donors (Lipinski definition) is 0. The minimum Gasteiger partial charge on any atom is -0.456 e. The number of fused-ring (bicyclic) bond motifs is 1. The van der Waals surface area contributed by atoms with Gasteiger partial charge in [-0.3, -0.25) is 4.79 Å². The predicted octanol–water partition coefficient (Wildman–Crippen LogP) is 4.25. The minimum atomic E-state index is -0.638. The van der Waals surface area contributed by atoms with Crippen molar-refractivity contribution in [3.8, 4) is 23.0 Å². The smallest absolute Gasteiger partial charge is 0.342 e. The Kier molecular flexibility index (Phi) is 4.93. The zero-order valence-electron chi connectivity index (χ0n) is 14.8. The van der Waals surface area contributed by atoms with Crippen LogP contribution in [0.2, 0.25) is 0 Å². The maximum atomic E-state index is 12.5. The molecule has 0 spiro atoms. The van der Waals surface area contributed by atoms with Gasteiger partial charge < -0.3 is 18.9 Å². The molecular weight excluding hydrogens is 360 g/mol. The Morgan fingerprint density at radius 2 is 1.61 bits per heavy atom. The maximum Gasteiger partial charge on any atom is 0.342 e. The van der Waals surface area contributed by atoms with Crippen molar-refractivity contribution in [2.24, 2.45) is 0 Å². The number of hydrogen-bond acceptors (Lipinski definition) is 6. The summed E-state index contributed by atoms with van der Waals surface area (Å²) >= 11 is 0. The third-order valence-corrected chi connectivity index (χ3v) is 4.11. The molecule has 0 atom stereocenters. The zero-order chi connectivity index (χ0) is 19.3. The van der Waals surface area contributed by atoms with Crippen molar-refractivity contribution in [3.63, 3.8) is 0 Å². The first kappa shape index (κ1) is 17.6. The molecule has 0 unspecified atom stereocenters. The van der Waals surface area contributed by atoms with Crippen LogP contribution in [0.1, 0.15) is 20.7 Å². The van der Waals surface area contributed by atoms with Crippen LogP contribution >= 0.6 is 0 Å². The largest absolute Gasteiger partial charge is 0.456 e. The molecule has 0 radical (unpaired) electrons. The van der Waals surface area contributed by atoms with Crippen LogP contribution in [-0.2, 0) is 4.74 Å². The monoisotopic (exact) mass is 376 g/mol. The standard InChI is InChI=1S/C22H16O6/c23-18(15-10-11-20-21(12-15)27-14-26-20)13-25-22(24)17-8-4-5-9-19(17)28-16-6-2-1-3-7-16/h1-12H,13-14H2. The molecular formula is C22H16O6. The first-order valence-corrected chi connectivity index (χ1v) is 8.62. The SMILES string of the molecule is O=C(COC(=O)c1ccccc1Oc1ccccc1)c1ccc2c(c1)OCO2. The highest BCUT2D eigenvalue weighted by Crippen LogP contribution is 2.32. The van der Waals surface area contributed by atoms with Crippen molar-refractivity contribution in [1.82, 2.24) is 0 Å². The Hall–Kier alpha value is -3.80. The quantitative estimate of drug-likeness (QED) is 0.473. The van der Waals surface area contributed by atoms with Gasteiger partial charge in [-0.1, -0.05) is 30.3 Å². The van der Waals surface area contributed by atoms with Crippen molar-refractivity contribution in [3.05, 3.63) is 83.9 Å². The van der Waals surface area contributed by atoms with Crippen LogP contribution in [0.5, 0.6) is 23.0 Å². The topological polar surface area (TPSA) is 71.1 Å². The number of para-hydroxylation sites is 2. The van der Waals surface area contributed by atoms with Gasteiger partial charge in [-0.05, 0) is 42.5 Å². The lowest BCUT2D eigenvalue weighted by Gasteiger charge is -2.11. The Bertz CT molecular complexity index is 1010. The van der Waals surface area contributed by atoms with Crippen LogP contribution < -0.4 is 14.2 Å². The Morgan fingerprint density at radius 3 is 2.46 bits per heavy atom. The number of rotatable bonds is 6. The molecule has 3 aromatic carbocycles. The molecule has 0 amide bonds. The number of Topliss-reactive ketones (excluding diaryl/α,β-unsaturated/α-hetero) is 1. The van der Waals surface area contributed by atoms with Crippen molar-refractivity contribution < 1.29 is 28.5 Å². The van der Waals surface area contributed by atoms with E-state index in [-0.39, 0.29) is 18.1 Å². The fraction of sp³-hybridized carbons (Fsp3) is 0.0909. The summed E-state index contributed by atoms with van der Waals surface area (Å²) in [6, 6.07) is 20.7. The van der Waals surface area contributed by atoms with Gasteiger partial charge in [0.15, 0.2) is 23.9 Å². The van der Waals surface area contributed by atoms with Crippen molar-refractivity contribution in [2.45, 2.75) is 0 Å². The van der Waals surface area contributed by atoms with Gasteiger partial charge in [0.05, 0.1) is 0 Å². The summed E-state index contributed by atoms with van der Waals surface area (Å²) in [5, 5.41) is 0. The molecule has 140 valence electrons. The highest BCUT2D eigenvalue weighted by molar-refractivity contribution is 6.00. The van der Waals surface area contributed by atoms with Crippen LogP contribution in [-0.4, -0.2) is 25.2 Å². The Morgan fingerprint density at radius 1 is 0.857 bits per heavy atom. The molecule has 0 fully saturated rings. The van der Waals surface area contributed by atoms with E-state index in [0.717, 1.165) is 0 Å². The van der Waals surface area contributed by atoms with Crippen LogP contribution in [0.25, 0.3) is 0 Å². The molecule has 1 aliphatic rings. The van der Waals surface area contributed by atoms with Gasteiger partial charge in [0.2, 0.25) is 6.79 Å². The van der Waals surface area contributed by atoms with Crippen LogP contribution in [0.15, 0.2) is 72.8 Å². The van der Waals surface area contributed by atoms with Gasteiger partial charge in [-0.2, -0.15) is 0 Å². The number of benzene rings is 3. The van der Waals surface area contributed by atoms with E-state index in [0.29, 0.717) is 28.6 Å². The fourth-order valence-electron chi connectivity index (χ4n) is 2.70. The summed E-state index contributed by atoms with van der Waals surface area (Å²) in [5.41, 5.74) is 0.621. The molecule has 0 aromatic heterocycles. The summed E-state index contributed by atoms with van der Waals surface area (Å²) in [6.07, 6.45) is 0. The molecule has 0 bridgehead atoms. The molecule has 0 saturated heterocycles. The van der Waals surface area contributed by atoms with Gasteiger partial charge in [0.25, 0.3) is 0 Å². The lowest BCUT2D eigenvalue weighted by atomic mass is 10.1. The normalized spacial score (nSPS) is 11.7. The molecule has 6 heteroatoms. The number of carbonyl (C=O) groups is 2. The van der Waals surface area contributed by atoms with Crippen LogP contribution in [0.4, 0.5) is 0 Å².